The summed E-state index contributed by atoms with van der Waals surface area (Å²) >= 11 is 6.07. The van der Waals surface area contributed by atoms with Crippen molar-refractivity contribution in [2.45, 2.75) is 12.5 Å². The Kier molecular flexibility index (Phi) is 4.69. The van der Waals surface area contributed by atoms with E-state index in [1.807, 2.05) is 65.7 Å². The van der Waals surface area contributed by atoms with Crippen LogP contribution in [-0.4, -0.2) is 11.6 Å². The average molecular weight is 367 g/mol. The summed E-state index contributed by atoms with van der Waals surface area (Å²) in [5, 5.41) is 2.53. The van der Waals surface area contributed by atoms with Gasteiger partial charge in [0, 0.05) is 23.2 Å². The zero-order valence-electron chi connectivity index (χ0n) is 14.1. The molecular formula is C21H19ClN2O2. The van der Waals surface area contributed by atoms with Gasteiger partial charge in [-0.25, -0.2) is 0 Å². The number of hydroxylamine groups is 2. The Bertz CT molecular complexity index is 921. The summed E-state index contributed by atoms with van der Waals surface area (Å²) in [4.78, 5) is 5.68. The highest BCUT2D eigenvalue weighted by Gasteiger charge is 2.29. The third-order valence-corrected chi connectivity index (χ3v) is 4.58. The topological polar surface area (TPSA) is 51.6 Å². The molecule has 1 atom stereocenters. The fourth-order valence-electron chi connectivity index (χ4n) is 3.06. The molecule has 0 bridgehead atoms. The fraction of sp³-hybridized carbons (Fsp3) is 0.143. The second kappa shape index (κ2) is 7.28. The predicted molar refractivity (Wildman–Crippen MR) is 102 cm³/mol. The van der Waals surface area contributed by atoms with Gasteiger partial charge in [-0.05, 0) is 36.2 Å². The number of halogens is 1. The Labute approximate surface area is 157 Å². The van der Waals surface area contributed by atoms with Crippen LogP contribution in [0.4, 0.5) is 0 Å². The van der Waals surface area contributed by atoms with E-state index in [4.69, 9.17) is 26.6 Å². The van der Waals surface area contributed by atoms with Gasteiger partial charge in [0.1, 0.15) is 17.6 Å². The number of hydrogen-bond donors (Lipinski definition) is 1. The van der Waals surface area contributed by atoms with Gasteiger partial charge in [-0.15, -0.1) is 5.06 Å². The maximum atomic E-state index is 6.07. The van der Waals surface area contributed by atoms with Crippen LogP contribution >= 0.6 is 11.6 Å². The van der Waals surface area contributed by atoms with E-state index in [-0.39, 0.29) is 6.04 Å². The van der Waals surface area contributed by atoms with Crippen LogP contribution in [-0.2, 0) is 11.3 Å². The van der Waals surface area contributed by atoms with Crippen LogP contribution in [0, 0.1) is 0 Å². The van der Waals surface area contributed by atoms with Crippen LogP contribution in [0.3, 0.4) is 0 Å². The van der Waals surface area contributed by atoms with E-state index >= 15 is 0 Å². The molecule has 5 heteroatoms. The Morgan fingerprint density at radius 3 is 2.65 bits per heavy atom. The molecule has 0 aliphatic carbocycles. The molecule has 4 rings (SSSR count). The van der Waals surface area contributed by atoms with Gasteiger partial charge in [0.05, 0.1) is 0 Å². The van der Waals surface area contributed by atoms with Crippen LogP contribution in [0.15, 0.2) is 83.1 Å². The molecule has 1 aromatic heterocycles. The predicted octanol–water partition coefficient (Wildman–Crippen LogP) is 4.93. The minimum absolute atomic E-state index is 0.147. The molecule has 0 saturated carbocycles. The molecule has 0 amide bonds. The SMILES string of the molecule is NC1=CC(c2ccc(-c3cccc(Cl)c3)o2)N(CCc2ccccc2)O1. The number of hydrogen-bond acceptors (Lipinski definition) is 4. The summed E-state index contributed by atoms with van der Waals surface area (Å²) in [6.07, 6.45) is 2.73. The van der Waals surface area contributed by atoms with E-state index in [0.29, 0.717) is 17.5 Å². The molecule has 132 valence electrons. The molecule has 0 radical (unpaired) electrons. The number of rotatable bonds is 5. The first-order chi connectivity index (χ1) is 12.7. The highest BCUT2D eigenvalue weighted by molar-refractivity contribution is 6.30. The van der Waals surface area contributed by atoms with E-state index in [1.165, 1.54) is 5.56 Å². The number of nitrogens with two attached hydrogens (primary N) is 1. The van der Waals surface area contributed by atoms with E-state index in [1.54, 1.807) is 0 Å². The van der Waals surface area contributed by atoms with Crippen molar-refractivity contribution in [2.75, 3.05) is 6.54 Å². The first-order valence-corrected chi connectivity index (χ1v) is 8.88. The van der Waals surface area contributed by atoms with Crippen LogP contribution in [0.2, 0.25) is 5.02 Å². The molecule has 4 nitrogen and oxygen atoms in total. The summed E-state index contributed by atoms with van der Waals surface area (Å²) in [6, 6.07) is 21.6. The van der Waals surface area contributed by atoms with Crippen molar-refractivity contribution < 1.29 is 9.25 Å². The lowest BCUT2D eigenvalue weighted by molar-refractivity contribution is -0.122. The van der Waals surface area contributed by atoms with Gasteiger partial charge in [-0.2, -0.15) is 0 Å². The maximum Gasteiger partial charge on any atom is 0.207 e. The van der Waals surface area contributed by atoms with Gasteiger partial charge >= 0.3 is 0 Å². The molecule has 0 fully saturated rings. The molecule has 2 N–H and O–H groups in total. The first-order valence-electron chi connectivity index (χ1n) is 8.50. The summed E-state index contributed by atoms with van der Waals surface area (Å²) < 4.78 is 6.06. The second-order valence-corrected chi connectivity index (χ2v) is 6.63. The van der Waals surface area contributed by atoms with Crippen molar-refractivity contribution in [3.63, 3.8) is 0 Å². The van der Waals surface area contributed by atoms with Gasteiger partial charge in [-0.3, -0.25) is 0 Å². The second-order valence-electron chi connectivity index (χ2n) is 6.19. The Balaban J connectivity index is 1.51. The molecular weight excluding hydrogens is 348 g/mol. The molecule has 0 spiro atoms. The lowest BCUT2D eigenvalue weighted by Gasteiger charge is -2.21. The van der Waals surface area contributed by atoms with Crippen molar-refractivity contribution in [1.29, 1.82) is 0 Å². The molecule has 26 heavy (non-hydrogen) atoms. The lowest BCUT2D eigenvalue weighted by Crippen LogP contribution is -2.25. The molecule has 0 saturated heterocycles. The summed E-state index contributed by atoms with van der Waals surface area (Å²) in [5.41, 5.74) is 8.09. The minimum Gasteiger partial charge on any atom is -0.459 e. The van der Waals surface area contributed by atoms with Crippen LogP contribution in [0.1, 0.15) is 17.4 Å². The minimum atomic E-state index is -0.147. The summed E-state index contributed by atoms with van der Waals surface area (Å²) in [7, 11) is 0. The van der Waals surface area contributed by atoms with Crippen LogP contribution < -0.4 is 5.73 Å². The van der Waals surface area contributed by atoms with Crippen molar-refractivity contribution in [2.24, 2.45) is 5.73 Å². The van der Waals surface area contributed by atoms with E-state index in [9.17, 15) is 0 Å². The number of benzene rings is 2. The van der Waals surface area contributed by atoms with E-state index in [0.717, 1.165) is 23.5 Å². The van der Waals surface area contributed by atoms with Crippen molar-refractivity contribution in [3.05, 3.63) is 95.0 Å². The monoisotopic (exact) mass is 366 g/mol. The lowest BCUT2D eigenvalue weighted by atomic mass is 10.1. The molecule has 1 aliphatic rings. The summed E-state index contributed by atoms with van der Waals surface area (Å²) in [6.45, 7) is 0.707. The fourth-order valence-corrected chi connectivity index (χ4v) is 3.25. The summed E-state index contributed by atoms with van der Waals surface area (Å²) in [5.74, 6) is 1.95. The quantitative estimate of drug-likeness (QED) is 0.695. The largest absolute Gasteiger partial charge is 0.459 e. The zero-order chi connectivity index (χ0) is 17.9. The van der Waals surface area contributed by atoms with E-state index < -0.39 is 0 Å². The maximum absolute atomic E-state index is 6.07. The normalized spacial score (nSPS) is 17.1. The molecule has 1 aliphatic heterocycles. The van der Waals surface area contributed by atoms with E-state index in [2.05, 4.69) is 12.1 Å². The van der Waals surface area contributed by atoms with Gasteiger partial charge in [-0.1, -0.05) is 54.1 Å². The molecule has 3 aromatic rings. The van der Waals surface area contributed by atoms with Crippen molar-refractivity contribution in [1.82, 2.24) is 5.06 Å². The third kappa shape index (κ3) is 3.62. The third-order valence-electron chi connectivity index (χ3n) is 4.35. The van der Waals surface area contributed by atoms with Crippen molar-refractivity contribution in [3.8, 4) is 11.3 Å². The van der Waals surface area contributed by atoms with Crippen LogP contribution in [0.25, 0.3) is 11.3 Å². The zero-order valence-corrected chi connectivity index (χ0v) is 14.9. The van der Waals surface area contributed by atoms with Gasteiger partial charge in [0.2, 0.25) is 5.88 Å². The molecule has 2 aromatic carbocycles. The number of nitrogens with zero attached hydrogens (tertiary/aromatic N) is 1. The first kappa shape index (κ1) is 16.8. The Morgan fingerprint density at radius 2 is 1.85 bits per heavy atom. The Hall–Kier alpha value is -2.69. The van der Waals surface area contributed by atoms with Gasteiger partial charge in [0.15, 0.2) is 0 Å². The molecule has 1 unspecified atom stereocenters. The van der Waals surface area contributed by atoms with Crippen molar-refractivity contribution >= 4 is 11.6 Å². The Morgan fingerprint density at radius 1 is 1.00 bits per heavy atom. The van der Waals surface area contributed by atoms with Gasteiger partial charge in [0.25, 0.3) is 0 Å². The smallest absolute Gasteiger partial charge is 0.207 e. The highest BCUT2D eigenvalue weighted by atomic mass is 35.5. The van der Waals surface area contributed by atoms with Gasteiger partial charge < -0.3 is 15.0 Å². The highest BCUT2D eigenvalue weighted by Crippen LogP contribution is 2.34. The standard InChI is InChI=1S/C21H19ClN2O2/c22-17-8-4-7-16(13-17)19-9-10-20(25-19)18-14-21(23)26-24(18)12-11-15-5-2-1-3-6-15/h1-10,13-14,18H,11-12,23H2. The van der Waals surface area contributed by atoms with Crippen LogP contribution in [0.5, 0.6) is 0 Å². The average Bonchev–Trinajstić information content (AvgIpc) is 3.27. The molecule has 2 heterocycles. The number of furan rings is 1.